The molecule has 0 spiro atoms. The number of halogens is 1. The molecule has 8 nitrogen and oxygen atoms in total. The van der Waals surface area contributed by atoms with Gasteiger partial charge in [0.1, 0.15) is 5.75 Å². The van der Waals surface area contributed by atoms with Crippen LogP contribution in [0.25, 0.3) is 11.0 Å². The van der Waals surface area contributed by atoms with E-state index in [-0.39, 0.29) is 42.5 Å². The Labute approximate surface area is 184 Å². The van der Waals surface area contributed by atoms with Crippen molar-refractivity contribution < 1.29 is 41.2 Å². The van der Waals surface area contributed by atoms with E-state index in [4.69, 9.17) is 9.84 Å². The number of ether oxygens (including phenoxy) is 2. The van der Waals surface area contributed by atoms with E-state index in [1.165, 1.54) is 7.11 Å². The van der Waals surface area contributed by atoms with Crippen molar-refractivity contribution in [2.24, 2.45) is 0 Å². The van der Waals surface area contributed by atoms with Crippen molar-refractivity contribution in [3.8, 4) is 5.75 Å². The number of aromatic nitrogens is 2. The van der Waals surface area contributed by atoms with Crippen LogP contribution in [-0.2, 0) is 16.1 Å². The summed E-state index contributed by atoms with van der Waals surface area (Å²) in [5.74, 6) is 0.508. The number of fused-ring (bicyclic) bond motifs is 1. The second-order valence-electron chi connectivity index (χ2n) is 6.33. The lowest BCUT2D eigenvalue weighted by Crippen LogP contribution is -3.00. The van der Waals surface area contributed by atoms with Gasteiger partial charge in [0.05, 0.1) is 24.7 Å². The first-order valence-corrected chi connectivity index (χ1v) is 9.25. The van der Waals surface area contributed by atoms with Crippen molar-refractivity contribution in [3.63, 3.8) is 0 Å². The number of aliphatic hydroxyl groups is 1. The largest absolute Gasteiger partial charge is 1.00 e. The number of benzene rings is 2. The van der Waals surface area contributed by atoms with E-state index in [0.717, 1.165) is 11.0 Å². The Kier molecular flexibility index (Phi) is 8.82. The second kappa shape index (κ2) is 11.3. The maximum atomic E-state index is 12.8. The zero-order chi connectivity index (χ0) is 20.6. The number of hydrogen-bond donors (Lipinski definition) is 2. The molecule has 3 aromatic rings. The first kappa shape index (κ1) is 23.4. The highest BCUT2D eigenvalue weighted by molar-refractivity contribution is 5.97. The van der Waals surface area contributed by atoms with Crippen LogP contribution in [0.5, 0.6) is 5.75 Å². The molecule has 1 heterocycles. The lowest BCUT2D eigenvalue weighted by molar-refractivity contribution is -0.142. The number of nitrogens with one attached hydrogen (secondary N) is 1. The molecular formula is C21H23BrN3O5-. The number of para-hydroxylation sites is 2. The molecule has 0 unspecified atom stereocenters. The summed E-state index contributed by atoms with van der Waals surface area (Å²) in [6.45, 7) is 0.564. The molecular weight excluding hydrogens is 454 g/mol. The predicted octanol–water partition coefficient (Wildman–Crippen LogP) is -0.731. The number of rotatable bonds is 10. The molecule has 0 radical (unpaired) electrons. The van der Waals surface area contributed by atoms with Gasteiger partial charge in [-0.3, -0.25) is 4.79 Å². The Hall–Kier alpha value is -2.91. The summed E-state index contributed by atoms with van der Waals surface area (Å²) in [6.07, 6.45) is 0.587. The average Bonchev–Trinajstić information content (AvgIpc) is 3.10. The number of esters is 1. The molecule has 0 aliphatic heterocycles. The minimum Gasteiger partial charge on any atom is -1.00 e. The van der Waals surface area contributed by atoms with Gasteiger partial charge in [0.25, 0.3) is 0 Å². The van der Waals surface area contributed by atoms with E-state index in [1.807, 2.05) is 28.8 Å². The maximum absolute atomic E-state index is 12.8. The fraction of sp³-hybridized carbons (Fsp3) is 0.286. The number of aliphatic hydroxyl groups excluding tert-OH is 1. The van der Waals surface area contributed by atoms with Crippen LogP contribution < -0.4 is 27.0 Å². The van der Waals surface area contributed by atoms with Crippen molar-refractivity contribution >= 4 is 28.7 Å². The molecule has 3 rings (SSSR count). The number of ketones is 1. The summed E-state index contributed by atoms with van der Waals surface area (Å²) in [5, 5.41) is 12.2. The van der Waals surface area contributed by atoms with Crippen molar-refractivity contribution in [2.75, 3.05) is 32.2 Å². The Morgan fingerprint density at radius 1 is 1.13 bits per heavy atom. The molecule has 0 aliphatic carbocycles. The SMILES string of the molecule is COC(=O)COc1ccc(C(=O)Cn2c(NCCCO)nc3ccccc32)cc1.[Br-]. The smallest absolute Gasteiger partial charge is 0.343 e. The quantitative estimate of drug-likeness (QED) is 0.226. The van der Waals surface area contributed by atoms with Crippen molar-refractivity contribution in [2.45, 2.75) is 13.0 Å². The fourth-order valence-electron chi connectivity index (χ4n) is 2.82. The Bertz CT molecular complexity index is 988. The maximum Gasteiger partial charge on any atom is 0.343 e. The molecule has 0 saturated carbocycles. The van der Waals surface area contributed by atoms with Crippen LogP contribution in [0.15, 0.2) is 48.5 Å². The van der Waals surface area contributed by atoms with Crippen LogP contribution >= 0.6 is 0 Å². The number of anilines is 1. The molecule has 160 valence electrons. The van der Waals surface area contributed by atoms with E-state index < -0.39 is 5.97 Å². The van der Waals surface area contributed by atoms with Crippen LogP contribution in [0.1, 0.15) is 16.8 Å². The lowest BCUT2D eigenvalue weighted by Gasteiger charge is -2.10. The molecule has 0 saturated heterocycles. The van der Waals surface area contributed by atoms with Crippen LogP contribution in [0.2, 0.25) is 0 Å². The molecule has 1 aromatic heterocycles. The van der Waals surface area contributed by atoms with E-state index in [2.05, 4.69) is 15.0 Å². The van der Waals surface area contributed by atoms with Gasteiger partial charge in [-0.15, -0.1) is 0 Å². The third-order valence-corrected chi connectivity index (χ3v) is 4.33. The van der Waals surface area contributed by atoms with Crippen molar-refractivity contribution in [1.82, 2.24) is 9.55 Å². The van der Waals surface area contributed by atoms with Gasteiger partial charge in [0, 0.05) is 18.7 Å². The van der Waals surface area contributed by atoms with E-state index >= 15 is 0 Å². The molecule has 0 amide bonds. The third-order valence-electron chi connectivity index (χ3n) is 4.33. The number of hydrogen-bond acceptors (Lipinski definition) is 7. The zero-order valence-electron chi connectivity index (χ0n) is 16.5. The number of carbonyl (C=O) groups excluding carboxylic acids is 2. The normalized spacial score (nSPS) is 10.3. The van der Waals surface area contributed by atoms with Gasteiger partial charge in [0.15, 0.2) is 12.4 Å². The molecule has 0 fully saturated rings. The topological polar surface area (TPSA) is 103 Å². The van der Waals surface area contributed by atoms with Gasteiger partial charge in [0.2, 0.25) is 5.95 Å². The van der Waals surface area contributed by atoms with Crippen LogP contribution in [-0.4, -0.2) is 53.3 Å². The predicted molar refractivity (Wildman–Crippen MR) is 108 cm³/mol. The summed E-state index contributed by atoms with van der Waals surface area (Å²) in [6, 6.07) is 14.2. The summed E-state index contributed by atoms with van der Waals surface area (Å²) in [5.41, 5.74) is 2.17. The second-order valence-corrected chi connectivity index (χ2v) is 6.33. The minimum atomic E-state index is -0.474. The molecule has 9 heteroatoms. The zero-order valence-corrected chi connectivity index (χ0v) is 18.1. The molecule has 0 bridgehead atoms. The summed E-state index contributed by atoms with van der Waals surface area (Å²) >= 11 is 0. The number of nitrogens with zero attached hydrogens (tertiary/aromatic N) is 2. The van der Waals surface area contributed by atoms with Crippen molar-refractivity contribution in [1.29, 1.82) is 0 Å². The van der Waals surface area contributed by atoms with Gasteiger partial charge in [-0.2, -0.15) is 0 Å². The highest BCUT2D eigenvalue weighted by Gasteiger charge is 2.15. The Morgan fingerprint density at radius 2 is 1.87 bits per heavy atom. The standard InChI is InChI=1S/C21H23N3O5.BrH/c1-28-20(27)14-29-16-9-7-15(8-10-16)19(26)13-24-18-6-3-2-5-17(18)23-21(24)22-11-4-12-25;/h2-3,5-10,25H,4,11-14H2,1H3,(H,22,23);1H/p-1. The van der Waals surface area contributed by atoms with Crippen LogP contribution in [0, 0.1) is 0 Å². The van der Waals surface area contributed by atoms with Crippen LogP contribution in [0.4, 0.5) is 5.95 Å². The first-order valence-electron chi connectivity index (χ1n) is 9.25. The summed E-state index contributed by atoms with van der Waals surface area (Å²) in [4.78, 5) is 28.5. The van der Waals surface area contributed by atoms with E-state index in [1.54, 1.807) is 24.3 Å². The number of Topliss-reactive ketones (excluding diaryl/α,β-unsaturated/α-hetero) is 1. The van der Waals surface area contributed by atoms with Gasteiger partial charge in [-0.05, 0) is 42.8 Å². The molecule has 30 heavy (non-hydrogen) atoms. The number of methoxy groups -OCH3 is 1. The highest BCUT2D eigenvalue weighted by atomic mass is 79.9. The average molecular weight is 477 g/mol. The van der Waals surface area contributed by atoms with E-state index in [0.29, 0.717) is 30.2 Å². The lowest BCUT2D eigenvalue weighted by atomic mass is 10.1. The number of carbonyl (C=O) groups is 2. The van der Waals surface area contributed by atoms with Gasteiger partial charge in [-0.1, -0.05) is 12.1 Å². The highest BCUT2D eigenvalue weighted by Crippen LogP contribution is 2.21. The molecule has 0 atom stereocenters. The van der Waals surface area contributed by atoms with Gasteiger partial charge < -0.3 is 41.4 Å². The van der Waals surface area contributed by atoms with Crippen LogP contribution in [0.3, 0.4) is 0 Å². The summed E-state index contributed by atoms with van der Waals surface area (Å²) in [7, 11) is 1.29. The Balaban J connectivity index is 0.00000320. The van der Waals surface area contributed by atoms with E-state index in [9.17, 15) is 9.59 Å². The third kappa shape index (κ3) is 5.80. The fourth-order valence-corrected chi connectivity index (χ4v) is 2.82. The van der Waals surface area contributed by atoms with Gasteiger partial charge >= 0.3 is 5.97 Å². The first-order chi connectivity index (χ1) is 14.1. The molecule has 2 aromatic carbocycles. The number of imidazole rings is 1. The molecule has 2 N–H and O–H groups in total. The Morgan fingerprint density at radius 3 is 2.57 bits per heavy atom. The monoisotopic (exact) mass is 476 g/mol. The minimum absolute atomic E-state index is 0. The van der Waals surface area contributed by atoms with Crippen molar-refractivity contribution in [3.05, 3.63) is 54.1 Å². The van der Waals surface area contributed by atoms with Gasteiger partial charge in [-0.25, -0.2) is 9.78 Å². The molecule has 0 aliphatic rings. The summed E-state index contributed by atoms with van der Waals surface area (Å²) < 4.78 is 11.7.